The fourth-order valence-corrected chi connectivity index (χ4v) is 3.56. The van der Waals surface area contributed by atoms with Gasteiger partial charge >= 0.3 is 0 Å². The van der Waals surface area contributed by atoms with Gasteiger partial charge < -0.3 is 0 Å². The number of hydrogen-bond donors (Lipinski definition) is 0. The lowest BCUT2D eigenvalue weighted by atomic mass is 10.0. The predicted molar refractivity (Wildman–Crippen MR) is 76.5 cm³/mol. The molecular weight excluding hydrogens is 242 g/mol. The van der Waals surface area contributed by atoms with Crippen molar-refractivity contribution in [3.8, 4) is 11.1 Å². The molecule has 0 bridgehead atoms. The molecule has 0 amide bonds. The van der Waals surface area contributed by atoms with E-state index < -0.39 is 9.73 Å². The number of hydrogen-bond acceptors (Lipinski definition) is 2. The van der Waals surface area contributed by atoms with Crippen molar-refractivity contribution >= 4 is 15.4 Å². The molecule has 0 spiro atoms. The van der Waals surface area contributed by atoms with Crippen LogP contribution >= 0.6 is 0 Å². The van der Waals surface area contributed by atoms with Crippen LogP contribution in [-0.2, 0) is 9.73 Å². The van der Waals surface area contributed by atoms with Gasteiger partial charge in [-0.15, -0.1) is 0 Å². The minimum Gasteiger partial charge on any atom is -0.249 e. The molecule has 0 saturated carbocycles. The second kappa shape index (κ2) is 4.58. The van der Waals surface area contributed by atoms with Gasteiger partial charge in [0, 0.05) is 17.1 Å². The molecule has 0 unspecified atom stereocenters. The molecule has 3 rings (SSSR count). The standard InChI is InChI=1S/C15H15NOS/c17-18(11-6-12-18)16-15-10-5-4-9-14(15)13-7-2-1-3-8-13/h1-5,7-10H,6,11-12H2. The Balaban J connectivity index is 2.12. The first-order valence-corrected chi connectivity index (χ1v) is 7.99. The van der Waals surface area contributed by atoms with Crippen LogP contribution in [0.4, 0.5) is 5.69 Å². The maximum Gasteiger partial charge on any atom is 0.0808 e. The zero-order valence-electron chi connectivity index (χ0n) is 10.1. The molecule has 1 fully saturated rings. The van der Waals surface area contributed by atoms with E-state index in [4.69, 9.17) is 0 Å². The Morgan fingerprint density at radius 3 is 2.22 bits per heavy atom. The van der Waals surface area contributed by atoms with Crippen LogP contribution < -0.4 is 0 Å². The average Bonchev–Trinajstić information content (AvgIpc) is 2.39. The highest BCUT2D eigenvalue weighted by atomic mass is 32.2. The first-order valence-electron chi connectivity index (χ1n) is 6.14. The van der Waals surface area contributed by atoms with Crippen LogP contribution in [0.1, 0.15) is 6.42 Å². The summed E-state index contributed by atoms with van der Waals surface area (Å²) >= 11 is 0. The predicted octanol–water partition coefficient (Wildman–Crippen LogP) is 3.86. The monoisotopic (exact) mass is 257 g/mol. The van der Waals surface area contributed by atoms with Gasteiger partial charge in [-0.3, -0.25) is 0 Å². The van der Waals surface area contributed by atoms with E-state index in [9.17, 15) is 4.21 Å². The van der Waals surface area contributed by atoms with Gasteiger partial charge in [0.05, 0.1) is 15.4 Å². The van der Waals surface area contributed by atoms with E-state index in [2.05, 4.69) is 16.5 Å². The van der Waals surface area contributed by atoms with Gasteiger partial charge in [0.25, 0.3) is 0 Å². The van der Waals surface area contributed by atoms with E-state index in [0.29, 0.717) is 0 Å². The summed E-state index contributed by atoms with van der Waals surface area (Å²) in [5.74, 6) is 1.49. The molecule has 92 valence electrons. The minimum absolute atomic E-state index is 0.746. The Bertz CT molecular complexity index is 660. The normalized spacial score (nSPS) is 16.9. The van der Waals surface area contributed by atoms with Crippen molar-refractivity contribution < 1.29 is 4.21 Å². The van der Waals surface area contributed by atoms with Crippen molar-refractivity contribution in [3.05, 3.63) is 54.6 Å². The fourth-order valence-electron chi connectivity index (χ4n) is 2.08. The molecule has 2 aromatic rings. The third-order valence-electron chi connectivity index (χ3n) is 3.18. The zero-order valence-corrected chi connectivity index (χ0v) is 10.9. The van der Waals surface area contributed by atoms with E-state index in [0.717, 1.165) is 34.7 Å². The summed E-state index contributed by atoms with van der Waals surface area (Å²) in [4.78, 5) is 0. The summed E-state index contributed by atoms with van der Waals surface area (Å²) in [6.45, 7) is 0. The molecule has 1 heterocycles. The number of benzene rings is 2. The van der Waals surface area contributed by atoms with Crippen molar-refractivity contribution in [2.75, 3.05) is 11.5 Å². The van der Waals surface area contributed by atoms with Crippen molar-refractivity contribution in [2.24, 2.45) is 4.36 Å². The molecule has 18 heavy (non-hydrogen) atoms. The first kappa shape index (κ1) is 11.5. The van der Waals surface area contributed by atoms with E-state index in [1.165, 1.54) is 0 Å². The fraction of sp³-hybridized carbons (Fsp3) is 0.200. The Hall–Kier alpha value is -1.61. The Labute approximate surface area is 108 Å². The van der Waals surface area contributed by atoms with Gasteiger partial charge in [0.1, 0.15) is 0 Å². The molecule has 2 aromatic carbocycles. The number of rotatable bonds is 2. The molecule has 0 N–H and O–H groups in total. The van der Waals surface area contributed by atoms with E-state index in [1.54, 1.807) is 0 Å². The summed E-state index contributed by atoms with van der Waals surface area (Å²) in [6.07, 6.45) is 1.04. The molecule has 2 nitrogen and oxygen atoms in total. The topological polar surface area (TPSA) is 29.4 Å². The summed E-state index contributed by atoms with van der Waals surface area (Å²) < 4.78 is 16.7. The summed E-state index contributed by atoms with van der Waals surface area (Å²) in [7, 11) is -1.95. The van der Waals surface area contributed by atoms with E-state index >= 15 is 0 Å². The highest BCUT2D eigenvalue weighted by Crippen LogP contribution is 2.32. The van der Waals surface area contributed by atoms with Crippen molar-refractivity contribution in [1.29, 1.82) is 0 Å². The van der Waals surface area contributed by atoms with Crippen molar-refractivity contribution in [2.45, 2.75) is 6.42 Å². The van der Waals surface area contributed by atoms with Crippen LogP contribution in [0.5, 0.6) is 0 Å². The molecule has 0 aliphatic carbocycles. The van der Waals surface area contributed by atoms with Crippen LogP contribution in [0.25, 0.3) is 11.1 Å². The maximum absolute atomic E-state index is 12.2. The van der Waals surface area contributed by atoms with Crippen LogP contribution in [0.15, 0.2) is 59.0 Å². The Morgan fingerprint density at radius 2 is 1.56 bits per heavy atom. The second-order valence-corrected chi connectivity index (χ2v) is 7.05. The van der Waals surface area contributed by atoms with Gasteiger partial charge in [-0.1, -0.05) is 48.5 Å². The summed E-state index contributed by atoms with van der Waals surface area (Å²) in [5, 5.41) is 0. The lowest BCUT2D eigenvalue weighted by molar-refractivity contribution is 0.663. The average molecular weight is 257 g/mol. The van der Waals surface area contributed by atoms with E-state index in [1.807, 2.05) is 42.5 Å². The highest BCUT2D eigenvalue weighted by molar-refractivity contribution is 7.95. The molecule has 3 heteroatoms. The highest BCUT2D eigenvalue weighted by Gasteiger charge is 2.19. The number of nitrogens with zero attached hydrogens (tertiary/aromatic N) is 1. The Morgan fingerprint density at radius 1 is 0.889 bits per heavy atom. The van der Waals surface area contributed by atoms with Crippen LogP contribution in [0.3, 0.4) is 0 Å². The minimum atomic E-state index is -1.95. The van der Waals surface area contributed by atoms with Gasteiger partial charge in [0.2, 0.25) is 0 Å². The molecule has 1 aliphatic heterocycles. The summed E-state index contributed by atoms with van der Waals surface area (Å²) in [6, 6.07) is 18.1. The third-order valence-corrected chi connectivity index (χ3v) is 5.56. The smallest absolute Gasteiger partial charge is 0.0808 e. The lowest BCUT2D eigenvalue weighted by Crippen LogP contribution is -2.23. The quantitative estimate of drug-likeness (QED) is 0.803. The van der Waals surface area contributed by atoms with Crippen molar-refractivity contribution in [3.63, 3.8) is 0 Å². The summed E-state index contributed by atoms with van der Waals surface area (Å²) in [5.41, 5.74) is 3.04. The molecule has 0 radical (unpaired) electrons. The lowest BCUT2D eigenvalue weighted by Gasteiger charge is -2.18. The van der Waals surface area contributed by atoms with Gasteiger partial charge in [0.15, 0.2) is 0 Å². The van der Waals surface area contributed by atoms with Crippen LogP contribution in [0, 0.1) is 0 Å². The molecule has 1 aliphatic rings. The SMILES string of the molecule is O=S1(=Nc2ccccc2-c2ccccc2)CCC1. The zero-order chi connectivity index (χ0) is 12.4. The molecular formula is C15H15NOS. The van der Waals surface area contributed by atoms with Crippen LogP contribution in [0.2, 0.25) is 0 Å². The molecule has 0 atom stereocenters. The van der Waals surface area contributed by atoms with Gasteiger partial charge in [-0.25, -0.2) is 4.21 Å². The van der Waals surface area contributed by atoms with Crippen LogP contribution in [-0.4, -0.2) is 15.7 Å². The van der Waals surface area contributed by atoms with Crippen molar-refractivity contribution in [1.82, 2.24) is 0 Å². The second-order valence-electron chi connectivity index (χ2n) is 4.51. The molecule has 0 aromatic heterocycles. The van der Waals surface area contributed by atoms with Gasteiger partial charge in [-0.2, -0.15) is 4.36 Å². The largest absolute Gasteiger partial charge is 0.249 e. The van der Waals surface area contributed by atoms with Gasteiger partial charge in [-0.05, 0) is 18.1 Å². The third kappa shape index (κ3) is 2.18. The first-order chi connectivity index (χ1) is 8.77. The van der Waals surface area contributed by atoms with E-state index in [-0.39, 0.29) is 0 Å². The molecule has 1 saturated heterocycles. The maximum atomic E-state index is 12.2. The Kier molecular flexibility index (Phi) is 2.92.